The number of rotatable bonds is 9. The lowest BCUT2D eigenvalue weighted by atomic mass is 10.0. The van der Waals surface area contributed by atoms with Gasteiger partial charge in [0.25, 0.3) is 0 Å². The van der Waals surface area contributed by atoms with Gasteiger partial charge in [0.05, 0.1) is 6.54 Å². The Morgan fingerprint density at radius 2 is 1.87 bits per heavy atom. The van der Waals surface area contributed by atoms with Crippen LogP contribution in [0.1, 0.15) is 38.7 Å². The largest absolute Gasteiger partial charge is 0.444 e. The number of carbonyl (C=O) groups is 5. The average Bonchev–Trinajstić information content (AvgIpc) is 3.11. The molecular weight excluding hydrogens is 404 g/mol. The van der Waals surface area contributed by atoms with Gasteiger partial charge in [0.2, 0.25) is 23.6 Å². The van der Waals surface area contributed by atoms with Gasteiger partial charge in [-0.25, -0.2) is 9.69 Å². The Morgan fingerprint density at radius 3 is 2.48 bits per heavy atom. The van der Waals surface area contributed by atoms with Crippen molar-refractivity contribution in [3.63, 3.8) is 0 Å². The fourth-order valence-electron chi connectivity index (χ4n) is 3.22. The van der Waals surface area contributed by atoms with Gasteiger partial charge in [0, 0.05) is 6.42 Å². The van der Waals surface area contributed by atoms with Crippen LogP contribution < -0.4 is 16.4 Å². The minimum absolute atomic E-state index is 0.0151. The predicted octanol–water partition coefficient (Wildman–Crippen LogP) is 0.447. The first-order valence-electron chi connectivity index (χ1n) is 10.1. The van der Waals surface area contributed by atoms with Crippen molar-refractivity contribution in [3.8, 4) is 0 Å². The summed E-state index contributed by atoms with van der Waals surface area (Å²) in [7, 11) is 0. The van der Waals surface area contributed by atoms with Gasteiger partial charge in [0.1, 0.15) is 18.7 Å². The molecule has 1 aromatic rings. The van der Waals surface area contributed by atoms with Crippen molar-refractivity contribution in [2.24, 2.45) is 11.7 Å². The first-order valence-corrected chi connectivity index (χ1v) is 10.1. The Labute approximate surface area is 180 Å². The number of nitrogens with two attached hydrogens (primary N) is 1. The number of carbonyl (C=O) groups excluding carboxylic acids is 5. The zero-order valence-electron chi connectivity index (χ0n) is 17.6. The van der Waals surface area contributed by atoms with Crippen LogP contribution in [0.2, 0.25) is 0 Å². The molecule has 0 spiro atoms. The molecule has 0 aromatic heterocycles. The summed E-state index contributed by atoms with van der Waals surface area (Å²) in [4.78, 5) is 61.6. The zero-order chi connectivity index (χ0) is 23.0. The first kappa shape index (κ1) is 23.8. The molecule has 10 heteroatoms. The lowest BCUT2D eigenvalue weighted by molar-refractivity contribution is -0.135. The maximum Gasteiger partial charge on any atom is 0.417 e. The van der Waals surface area contributed by atoms with E-state index in [0.717, 1.165) is 10.5 Å². The molecule has 168 valence electrons. The van der Waals surface area contributed by atoms with Crippen molar-refractivity contribution >= 4 is 29.7 Å². The highest BCUT2D eigenvalue weighted by Gasteiger charge is 2.42. The van der Waals surface area contributed by atoms with Crippen molar-refractivity contribution in [2.75, 3.05) is 6.54 Å². The van der Waals surface area contributed by atoms with Crippen LogP contribution in [0, 0.1) is 5.92 Å². The third-order valence-corrected chi connectivity index (χ3v) is 4.69. The van der Waals surface area contributed by atoms with Crippen molar-refractivity contribution in [1.29, 1.82) is 0 Å². The normalized spacial score (nSPS) is 16.7. The number of hydrogen-bond donors (Lipinski definition) is 3. The number of nitrogens with one attached hydrogen (secondary N) is 2. The average molecular weight is 432 g/mol. The lowest BCUT2D eigenvalue weighted by Gasteiger charge is -2.25. The van der Waals surface area contributed by atoms with E-state index in [0.29, 0.717) is 6.42 Å². The van der Waals surface area contributed by atoms with E-state index in [9.17, 15) is 24.0 Å². The molecule has 0 bridgehead atoms. The summed E-state index contributed by atoms with van der Waals surface area (Å²) in [5, 5.41) is 4.95. The van der Waals surface area contributed by atoms with Gasteiger partial charge in [-0.1, -0.05) is 44.2 Å². The molecule has 0 aliphatic carbocycles. The molecule has 5 amide bonds. The SMILES string of the molecule is CC(C)C[C@@H](NC(=O)[C@H]1CCC(=O)N1C(=O)OCc1ccccc1)C(=O)NCC(N)=O. The number of benzene rings is 1. The van der Waals surface area contributed by atoms with Crippen LogP contribution in [0.4, 0.5) is 4.79 Å². The van der Waals surface area contributed by atoms with E-state index >= 15 is 0 Å². The maximum atomic E-state index is 12.8. The van der Waals surface area contributed by atoms with E-state index in [1.807, 2.05) is 19.9 Å². The minimum atomic E-state index is -1.07. The quantitative estimate of drug-likeness (QED) is 0.516. The molecule has 1 aliphatic rings. The van der Waals surface area contributed by atoms with Crippen LogP contribution in [0.25, 0.3) is 0 Å². The summed E-state index contributed by atoms with van der Waals surface area (Å²) in [5.41, 5.74) is 5.79. The number of hydrogen-bond acceptors (Lipinski definition) is 6. The van der Waals surface area contributed by atoms with E-state index in [4.69, 9.17) is 10.5 Å². The number of amides is 5. The Balaban J connectivity index is 2.04. The van der Waals surface area contributed by atoms with Crippen molar-refractivity contribution in [2.45, 2.75) is 51.8 Å². The Bertz CT molecular complexity index is 826. The van der Waals surface area contributed by atoms with E-state index in [-0.39, 0.29) is 31.9 Å². The third-order valence-electron chi connectivity index (χ3n) is 4.69. The molecule has 1 fully saturated rings. The Kier molecular flexibility index (Phi) is 8.53. The fourth-order valence-corrected chi connectivity index (χ4v) is 3.22. The molecule has 1 heterocycles. The number of imide groups is 1. The van der Waals surface area contributed by atoms with Crippen LogP contribution in [-0.4, -0.2) is 53.3 Å². The molecule has 0 saturated carbocycles. The molecular formula is C21H28N4O6. The zero-order valence-corrected chi connectivity index (χ0v) is 17.6. The summed E-state index contributed by atoms with van der Waals surface area (Å²) in [6.45, 7) is 3.34. The Hall–Kier alpha value is -3.43. The van der Waals surface area contributed by atoms with Gasteiger partial charge in [-0.15, -0.1) is 0 Å². The molecule has 0 unspecified atom stereocenters. The molecule has 1 aliphatic heterocycles. The van der Waals surface area contributed by atoms with Crippen molar-refractivity contribution in [1.82, 2.24) is 15.5 Å². The molecule has 4 N–H and O–H groups in total. The summed E-state index contributed by atoms with van der Waals surface area (Å²) in [6.07, 6.45) is -0.468. The van der Waals surface area contributed by atoms with Gasteiger partial charge < -0.3 is 21.1 Å². The molecule has 31 heavy (non-hydrogen) atoms. The van der Waals surface area contributed by atoms with Crippen molar-refractivity contribution < 1.29 is 28.7 Å². The van der Waals surface area contributed by atoms with Crippen LogP contribution >= 0.6 is 0 Å². The standard InChI is InChI=1S/C21H28N4O6/c1-13(2)10-15(19(28)23-11-17(22)26)24-20(29)16-8-9-18(27)25(16)21(30)31-12-14-6-4-3-5-7-14/h3-7,13,15-16H,8-12H2,1-2H3,(H2,22,26)(H,23,28)(H,24,29)/t15-,16-/m1/s1. The fraction of sp³-hybridized carbons (Fsp3) is 0.476. The van der Waals surface area contributed by atoms with E-state index in [1.165, 1.54) is 0 Å². The van der Waals surface area contributed by atoms with E-state index < -0.39 is 41.8 Å². The molecule has 1 saturated heterocycles. The van der Waals surface area contributed by atoms with E-state index in [2.05, 4.69) is 10.6 Å². The maximum absolute atomic E-state index is 12.8. The van der Waals surface area contributed by atoms with Gasteiger partial charge in [-0.3, -0.25) is 19.2 Å². The topological polar surface area (TPSA) is 148 Å². The van der Waals surface area contributed by atoms with E-state index in [1.54, 1.807) is 24.3 Å². The second-order valence-electron chi connectivity index (χ2n) is 7.73. The van der Waals surface area contributed by atoms with Crippen LogP contribution in [-0.2, 0) is 30.5 Å². The number of ether oxygens (including phenoxy) is 1. The second-order valence-corrected chi connectivity index (χ2v) is 7.73. The monoisotopic (exact) mass is 432 g/mol. The molecule has 1 aromatic carbocycles. The highest BCUT2D eigenvalue weighted by atomic mass is 16.6. The molecule has 2 atom stereocenters. The van der Waals surface area contributed by atoms with Gasteiger partial charge in [0.15, 0.2) is 0 Å². The number of primary amides is 1. The summed E-state index contributed by atoms with van der Waals surface area (Å²) < 4.78 is 5.20. The Morgan fingerprint density at radius 1 is 1.19 bits per heavy atom. The lowest BCUT2D eigenvalue weighted by Crippen LogP contribution is -2.54. The van der Waals surface area contributed by atoms with Gasteiger partial charge in [-0.2, -0.15) is 0 Å². The van der Waals surface area contributed by atoms with Crippen LogP contribution in [0.5, 0.6) is 0 Å². The smallest absolute Gasteiger partial charge is 0.417 e. The molecule has 2 rings (SSSR count). The minimum Gasteiger partial charge on any atom is -0.444 e. The summed E-state index contributed by atoms with van der Waals surface area (Å²) in [5.74, 6) is -2.37. The molecule has 0 radical (unpaired) electrons. The highest BCUT2D eigenvalue weighted by molar-refractivity contribution is 6.01. The number of likely N-dealkylation sites (tertiary alicyclic amines) is 1. The van der Waals surface area contributed by atoms with Gasteiger partial charge >= 0.3 is 6.09 Å². The summed E-state index contributed by atoms with van der Waals surface area (Å²) >= 11 is 0. The highest BCUT2D eigenvalue weighted by Crippen LogP contribution is 2.21. The molecule has 10 nitrogen and oxygen atoms in total. The predicted molar refractivity (Wildman–Crippen MR) is 110 cm³/mol. The third kappa shape index (κ3) is 7.09. The number of nitrogens with zero attached hydrogens (tertiary/aromatic N) is 1. The van der Waals surface area contributed by atoms with Gasteiger partial charge in [-0.05, 0) is 24.3 Å². The first-order chi connectivity index (χ1) is 14.7. The second kappa shape index (κ2) is 11.1. The summed E-state index contributed by atoms with van der Waals surface area (Å²) in [6, 6.07) is 6.92. The van der Waals surface area contributed by atoms with Crippen LogP contribution in [0.15, 0.2) is 30.3 Å². The van der Waals surface area contributed by atoms with Crippen molar-refractivity contribution in [3.05, 3.63) is 35.9 Å². The van der Waals surface area contributed by atoms with Crippen LogP contribution in [0.3, 0.4) is 0 Å².